The van der Waals surface area contributed by atoms with Crippen LogP contribution in [0, 0.1) is 11.8 Å². The molecule has 2 aliphatic rings. The Bertz CT molecular complexity index is 2900. The van der Waals surface area contributed by atoms with Crippen molar-refractivity contribution in [2.45, 2.75) is 104 Å². The summed E-state index contributed by atoms with van der Waals surface area (Å²) in [4.78, 5) is 91.5. The lowest BCUT2D eigenvalue weighted by Gasteiger charge is -2.29. The van der Waals surface area contributed by atoms with E-state index in [1.165, 1.54) is 14.2 Å². The number of ether oxygens (including phenoxy) is 3. The van der Waals surface area contributed by atoms with E-state index >= 15 is 0 Å². The van der Waals surface area contributed by atoms with E-state index in [0.717, 1.165) is 29.5 Å². The summed E-state index contributed by atoms with van der Waals surface area (Å²) in [5.74, 6) is 0.358. The van der Waals surface area contributed by atoms with Crippen molar-refractivity contribution in [3.63, 3.8) is 0 Å². The summed E-state index contributed by atoms with van der Waals surface area (Å²) in [5, 5.41) is 5.40. The highest BCUT2D eigenvalue weighted by Gasteiger charge is 2.39. The number of rotatable bonds is 12. The van der Waals surface area contributed by atoms with Crippen LogP contribution >= 0.6 is 0 Å². The molecule has 0 unspecified atom stereocenters. The SMILES string of the molecule is COC(=O)N[C@H](C(=O)N1CCC[C@H]1c1nc2ccc(-c3cc(C(=O)Oc4ccc(C(C)(C)C)cc4)c(-c4ccc5nc([C@@H]6CCCN6C(=O)[C@@H](NC(=O)OC)C(C)C)[nH]c5c4)cn3)cc2[nH]1)C(C)C. The molecule has 2 aliphatic heterocycles. The van der Waals surface area contributed by atoms with E-state index in [1.54, 1.807) is 34.2 Å². The van der Waals surface area contributed by atoms with Crippen molar-refractivity contribution in [1.82, 2.24) is 45.4 Å². The van der Waals surface area contributed by atoms with Crippen molar-refractivity contribution < 1.29 is 38.2 Å². The predicted octanol–water partition coefficient (Wildman–Crippen LogP) is 8.77. The van der Waals surface area contributed by atoms with Gasteiger partial charge in [-0.15, -0.1) is 0 Å². The van der Waals surface area contributed by atoms with Gasteiger partial charge in [0.15, 0.2) is 0 Å². The number of H-pyrrole nitrogens is 2. The second-order valence-corrected chi connectivity index (χ2v) is 19.6. The molecule has 0 bridgehead atoms. The number of pyridine rings is 1. The number of likely N-dealkylation sites (tertiary alicyclic amines) is 2. The molecule has 5 heterocycles. The van der Waals surface area contributed by atoms with E-state index in [1.807, 2.05) is 76.2 Å². The Labute approximate surface area is 401 Å². The Morgan fingerprint density at radius 2 is 1.17 bits per heavy atom. The minimum absolute atomic E-state index is 0.0881. The first-order valence-electron chi connectivity index (χ1n) is 23.6. The lowest BCUT2D eigenvalue weighted by molar-refractivity contribution is -0.136. The second kappa shape index (κ2) is 19.7. The van der Waals surface area contributed by atoms with Gasteiger partial charge in [-0.2, -0.15) is 0 Å². The first-order valence-corrected chi connectivity index (χ1v) is 23.6. The number of hydrogen-bond donors (Lipinski definition) is 4. The molecule has 4 atom stereocenters. The molecule has 0 aliphatic carbocycles. The fourth-order valence-electron chi connectivity index (χ4n) is 9.28. The highest BCUT2D eigenvalue weighted by molar-refractivity contribution is 6.00. The Hall–Kier alpha value is -7.30. The highest BCUT2D eigenvalue weighted by atomic mass is 16.5. The van der Waals surface area contributed by atoms with Crippen LogP contribution in [0.2, 0.25) is 0 Å². The van der Waals surface area contributed by atoms with Gasteiger partial charge < -0.3 is 44.6 Å². The molecule has 0 spiro atoms. The van der Waals surface area contributed by atoms with Crippen LogP contribution in [0.5, 0.6) is 5.75 Å². The molecule has 4 amide bonds. The smallest absolute Gasteiger partial charge is 0.407 e. The average Bonchev–Trinajstić information content (AvgIpc) is 4.17. The van der Waals surface area contributed by atoms with Crippen molar-refractivity contribution in [1.29, 1.82) is 0 Å². The van der Waals surface area contributed by atoms with Gasteiger partial charge in [0.2, 0.25) is 11.8 Å². The number of imidazole rings is 2. The highest BCUT2D eigenvalue weighted by Crippen LogP contribution is 2.37. The Balaban J connectivity index is 1.11. The molecule has 8 rings (SSSR count). The van der Waals surface area contributed by atoms with Gasteiger partial charge in [0.05, 0.1) is 59.6 Å². The number of fused-ring (bicyclic) bond motifs is 2. The maximum Gasteiger partial charge on any atom is 0.407 e. The summed E-state index contributed by atoms with van der Waals surface area (Å²) in [6.07, 6.45) is 3.29. The number of nitrogens with zero attached hydrogens (tertiary/aromatic N) is 5. The molecule has 2 fully saturated rings. The van der Waals surface area contributed by atoms with Gasteiger partial charge in [0.1, 0.15) is 29.5 Å². The molecule has 2 saturated heterocycles. The van der Waals surface area contributed by atoms with Gasteiger partial charge in [-0.1, -0.05) is 72.7 Å². The van der Waals surface area contributed by atoms with Gasteiger partial charge >= 0.3 is 18.2 Å². The average molecular weight is 940 g/mol. The van der Waals surface area contributed by atoms with Crippen molar-refractivity contribution in [2.24, 2.45) is 11.8 Å². The summed E-state index contributed by atoms with van der Waals surface area (Å²) in [6.45, 7) is 14.9. The first kappa shape index (κ1) is 48.2. The van der Waals surface area contributed by atoms with Crippen LogP contribution in [0.4, 0.5) is 9.59 Å². The van der Waals surface area contributed by atoms with E-state index in [2.05, 4.69) is 41.4 Å². The number of methoxy groups -OCH3 is 2. The van der Waals surface area contributed by atoms with E-state index in [9.17, 15) is 24.0 Å². The zero-order valence-corrected chi connectivity index (χ0v) is 40.6. The minimum atomic E-state index is -0.764. The van der Waals surface area contributed by atoms with Crippen molar-refractivity contribution >= 4 is 52.0 Å². The number of aromatic amines is 2. The molecule has 3 aromatic carbocycles. The topological polar surface area (TPSA) is 214 Å². The molecule has 3 aromatic heterocycles. The van der Waals surface area contributed by atoms with Crippen LogP contribution < -0.4 is 15.4 Å². The monoisotopic (exact) mass is 939 g/mol. The summed E-state index contributed by atoms with van der Waals surface area (Å²) in [6, 6.07) is 18.4. The molecular formula is C52H61N9O8. The molecule has 17 heteroatoms. The van der Waals surface area contributed by atoms with Gasteiger partial charge in [0, 0.05) is 30.4 Å². The lowest BCUT2D eigenvalue weighted by Crippen LogP contribution is -2.51. The van der Waals surface area contributed by atoms with Crippen LogP contribution in [0.15, 0.2) is 72.9 Å². The minimum Gasteiger partial charge on any atom is -0.453 e. The fourth-order valence-corrected chi connectivity index (χ4v) is 9.28. The predicted molar refractivity (Wildman–Crippen MR) is 260 cm³/mol. The van der Waals surface area contributed by atoms with Crippen LogP contribution in [-0.4, -0.2) is 104 Å². The number of esters is 1. The number of nitrogens with one attached hydrogen (secondary N) is 4. The number of hydrogen-bond acceptors (Lipinski definition) is 11. The molecule has 17 nitrogen and oxygen atoms in total. The summed E-state index contributed by atoms with van der Waals surface area (Å²) >= 11 is 0. The number of benzene rings is 3. The van der Waals surface area contributed by atoms with E-state index < -0.39 is 30.2 Å². The number of alkyl carbamates (subject to hydrolysis) is 2. The Morgan fingerprint density at radius 1 is 0.681 bits per heavy atom. The second-order valence-electron chi connectivity index (χ2n) is 19.6. The molecule has 0 radical (unpaired) electrons. The third kappa shape index (κ3) is 10.1. The first-order chi connectivity index (χ1) is 32.9. The normalized spacial score (nSPS) is 17.1. The number of amides is 4. The standard InChI is InChI=1S/C52H61N9O8/c1-28(2)43(58-50(65)67-8)47(62)60-22-10-12-41(60)45-54-36-20-14-30(24-39(36)56-45)35-27-53-38(26-34(35)49(64)69-33-18-16-32(17-19-33)52(5,6)7)31-15-21-37-40(25-31)57-46(55-37)42-13-11-23-61(42)48(63)44(29(3)4)59-51(66)68-9/h14-21,24-29,41-44H,10-13,22-23H2,1-9H3,(H,54,56)(H,55,57)(H,58,65)(H,59,66)/t41-,42-,43-,44-/m0/s1. The van der Waals surface area contributed by atoms with Crippen LogP contribution in [-0.2, 0) is 24.5 Å². The lowest BCUT2D eigenvalue weighted by atomic mass is 9.87. The molecule has 0 saturated carbocycles. The molecule has 69 heavy (non-hydrogen) atoms. The quantitative estimate of drug-likeness (QED) is 0.0672. The third-order valence-corrected chi connectivity index (χ3v) is 13.1. The van der Waals surface area contributed by atoms with Crippen molar-refractivity contribution in [3.8, 4) is 28.1 Å². The van der Waals surface area contributed by atoms with Gasteiger partial charge in [-0.05, 0) is 96.5 Å². The number of carbonyl (C=O) groups excluding carboxylic acids is 5. The fraction of sp³-hybridized carbons (Fsp3) is 0.423. The molecule has 4 N–H and O–H groups in total. The molecule has 6 aromatic rings. The number of carbonyl (C=O) groups is 5. The van der Waals surface area contributed by atoms with Gasteiger partial charge in [-0.25, -0.2) is 24.4 Å². The van der Waals surface area contributed by atoms with Crippen LogP contribution in [0.1, 0.15) is 114 Å². The van der Waals surface area contributed by atoms with Crippen LogP contribution in [0.3, 0.4) is 0 Å². The summed E-state index contributed by atoms with van der Waals surface area (Å²) in [7, 11) is 2.54. The zero-order valence-electron chi connectivity index (χ0n) is 40.6. The van der Waals surface area contributed by atoms with E-state index in [0.29, 0.717) is 76.7 Å². The van der Waals surface area contributed by atoms with Crippen molar-refractivity contribution in [3.05, 3.63) is 95.7 Å². The summed E-state index contributed by atoms with van der Waals surface area (Å²) in [5.41, 5.74) is 6.60. The van der Waals surface area contributed by atoms with E-state index in [-0.39, 0.29) is 46.7 Å². The van der Waals surface area contributed by atoms with Gasteiger partial charge in [0.25, 0.3) is 0 Å². The van der Waals surface area contributed by atoms with Crippen LogP contribution in [0.25, 0.3) is 44.5 Å². The Kier molecular flexibility index (Phi) is 13.8. The maximum absolute atomic E-state index is 14.4. The summed E-state index contributed by atoms with van der Waals surface area (Å²) < 4.78 is 15.7. The molecular weight excluding hydrogens is 879 g/mol. The molecule has 362 valence electrons. The third-order valence-electron chi connectivity index (χ3n) is 13.1. The van der Waals surface area contributed by atoms with Crippen molar-refractivity contribution in [2.75, 3.05) is 27.3 Å². The Morgan fingerprint density at radius 3 is 1.65 bits per heavy atom. The largest absolute Gasteiger partial charge is 0.453 e. The van der Waals surface area contributed by atoms with Gasteiger partial charge in [-0.3, -0.25) is 14.6 Å². The van der Waals surface area contributed by atoms with E-state index in [4.69, 9.17) is 29.2 Å². The number of aromatic nitrogens is 5. The maximum atomic E-state index is 14.4. The zero-order chi connectivity index (χ0) is 49.3.